The molecule has 0 fully saturated rings. The first-order valence-corrected chi connectivity index (χ1v) is 5.90. The molecule has 0 spiro atoms. The smallest absolute Gasteiger partial charge is 0.269 e. The average Bonchev–Trinajstić information content (AvgIpc) is 2.48. The fraction of sp³-hybridized carbons (Fsp3) is 0.154. The summed E-state index contributed by atoms with van der Waals surface area (Å²) in [5.74, 6) is 5.01. The lowest BCUT2D eigenvalue weighted by molar-refractivity contribution is 0.0949. The van der Waals surface area contributed by atoms with E-state index in [9.17, 15) is 4.79 Å². The van der Waals surface area contributed by atoms with Crippen molar-refractivity contribution >= 4 is 11.6 Å². The van der Waals surface area contributed by atoms with Crippen molar-refractivity contribution in [3.05, 3.63) is 54.1 Å². The molecule has 0 saturated heterocycles. The van der Waals surface area contributed by atoms with Gasteiger partial charge >= 0.3 is 0 Å². The molecule has 2 rings (SSSR count). The highest BCUT2D eigenvalue weighted by Gasteiger charge is 2.06. The molecule has 0 bridgehead atoms. The number of aromatic nitrogens is 2. The van der Waals surface area contributed by atoms with Gasteiger partial charge in [-0.05, 0) is 24.3 Å². The molecule has 2 heterocycles. The molecule has 6 heteroatoms. The number of nitrogens with one attached hydrogen (secondary N) is 2. The second-order valence-corrected chi connectivity index (χ2v) is 3.90. The fourth-order valence-electron chi connectivity index (χ4n) is 1.55. The topological polar surface area (TPSA) is 92.9 Å². The minimum absolute atomic E-state index is 0.209. The van der Waals surface area contributed by atoms with Crippen LogP contribution in [0.1, 0.15) is 16.2 Å². The maximum absolute atomic E-state index is 11.8. The van der Waals surface area contributed by atoms with Crippen LogP contribution in [0.2, 0.25) is 0 Å². The highest BCUT2D eigenvalue weighted by molar-refractivity contribution is 5.92. The van der Waals surface area contributed by atoms with Crippen molar-refractivity contribution in [3.63, 3.8) is 0 Å². The van der Waals surface area contributed by atoms with Gasteiger partial charge in [0.2, 0.25) is 0 Å². The van der Waals surface area contributed by atoms with Crippen molar-refractivity contribution in [3.8, 4) is 0 Å². The highest BCUT2D eigenvalue weighted by Crippen LogP contribution is 2.03. The van der Waals surface area contributed by atoms with E-state index >= 15 is 0 Å². The SMILES string of the molecule is NNc1ccc(C(=O)NCCc2ccccn2)nc1. The van der Waals surface area contributed by atoms with Crippen LogP contribution in [0, 0.1) is 0 Å². The molecular weight excluding hydrogens is 242 g/mol. The van der Waals surface area contributed by atoms with E-state index in [4.69, 9.17) is 5.84 Å². The predicted molar refractivity (Wildman–Crippen MR) is 72.3 cm³/mol. The van der Waals surface area contributed by atoms with Crippen LogP contribution in [0.5, 0.6) is 0 Å². The molecule has 2 aromatic heterocycles. The summed E-state index contributed by atoms with van der Waals surface area (Å²) in [7, 11) is 0. The van der Waals surface area contributed by atoms with Crippen molar-refractivity contribution in [2.45, 2.75) is 6.42 Å². The third kappa shape index (κ3) is 3.75. The fourth-order valence-corrected chi connectivity index (χ4v) is 1.55. The van der Waals surface area contributed by atoms with Gasteiger partial charge in [0.15, 0.2) is 0 Å². The van der Waals surface area contributed by atoms with Gasteiger partial charge in [0.1, 0.15) is 5.69 Å². The molecule has 0 radical (unpaired) electrons. The summed E-state index contributed by atoms with van der Waals surface area (Å²) in [4.78, 5) is 20.0. The summed E-state index contributed by atoms with van der Waals surface area (Å²) in [6.07, 6.45) is 3.93. The summed E-state index contributed by atoms with van der Waals surface area (Å²) in [5.41, 5.74) is 4.42. The molecule has 4 N–H and O–H groups in total. The second kappa shape index (κ2) is 6.46. The summed E-state index contributed by atoms with van der Waals surface area (Å²) in [5, 5.41) is 2.79. The Labute approximate surface area is 111 Å². The standard InChI is InChI=1S/C13H15N5O/c14-18-11-4-5-12(17-9-11)13(19)16-8-6-10-3-1-2-7-15-10/h1-5,7,9,18H,6,8,14H2,(H,16,19). The minimum atomic E-state index is -0.209. The Bertz CT molecular complexity index is 526. The van der Waals surface area contributed by atoms with Crippen LogP contribution in [-0.4, -0.2) is 22.4 Å². The molecule has 6 nitrogen and oxygen atoms in total. The van der Waals surface area contributed by atoms with Gasteiger partial charge in [-0.2, -0.15) is 0 Å². The summed E-state index contributed by atoms with van der Waals surface area (Å²) in [6, 6.07) is 9.02. The lowest BCUT2D eigenvalue weighted by atomic mass is 10.2. The number of nitrogens with zero attached hydrogens (tertiary/aromatic N) is 2. The monoisotopic (exact) mass is 257 g/mol. The number of pyridine rings is 2. The number of anilines is 1. The molecule has 98 valence electrons. The predicted octanol–water partition coefficient (Wildman–Crippen LogP) is 0.735. The number of nitrogens with two attached hydrogens (primary N) is 1. The third-order valence-electron chi connectivity index (χ3n) is 2.56. The summed E-state index contributed by atoms with van der Waals surface area (Å²) in [6.45, 7) is 0.522. The van der Waals surface area contributed by atoms with Crippen molar-refractivity contribution in [1.29, 1.82) is 0 Å². The maximum atomic E-state index is 11.8. The number of amides is 1. The number of hydrazine groups is 1. The van der Waals surface area contributed by atoms with E-state index in [0.717, 1.165) is 5.69 Å². The van der Waals surface area contributed by atoms with Gasteiger partial charge in [-0.1, -0.05) is 6.07 Å². The first-order chi connectivity index (χ1) is 9.29. The number of rotatable bonds is 5. The molecule has 0 unspecified atom stereocenters. The molecule has 0 aliphatic carbocycles. The van der Waals surface area contributed by atoms with Gasteiger partial charge in [-0.3, -0.25) is 15.6 Å². The Morgan fingerprint density at radius 1 is 1.21 bits per heavy atom. The minimum Gasteiger partial charge on any atom is -0.350 e. The Morgan fingerprint density at radius 3 is 2.74 bits per heavy atom. The summed E-state index contributed by atoms with van der Waals surface area (Å²) >= 11 is 0. The zero-order valence-corrected chi connectivity index (χ0v) is 10.3. The normalized spacial score (nSPS) is 9.95. The molecule has 0 atom stereocenters. The van der Waals surface area contributed by atoms with Crippen molar-refractivity contribution in [1.82, 2.24) is 15.3 Å². The van der Waals surface area contributed by atoms with Crippen LogP contribution in [0.3, 0.4) is 0 Å². The van der Waals surface area contributed by atoms with E-state index in [1.807, 2.05) is 18.2 Å². The number of carbonyl (C=O) groups excluding carboxylic acids is 1. The van der Waals surface area contributed by atoms with E-state index in [2.05, 4.69) is 20.7 Å². The maximum Gasteiger partial charge on any atom is 0.269 e. The van der Waals surface area contributed by atoms with E-state index < -0.39 is 0 Å². The molecule has 0 aliphatic rings. The van der Waals surface area contributed by atoms with E-state index in [1.54, 1.807) is 18.3 Å². The summed E-state index contributed by atoms with van der Waals surface area (Å²) < 4.78 is 0. The number of hydrogen-bond acceptors (Lipinski definition) is 5. The Kier molecular flexibility index (Phi) is 4.41. The Hall–Kier alpha value is -2.47. The van der Waals surface area contributed by atoms with Gasteiger partial charge < -0.3 is 10.7 Å². The van der Waals surface area contributed by atoms with Crippen LogP contribution in [0.25, 0.3) is 0 Å². The van der Waals surface area contributed by atoms with Gasteiger partial charge in [-0.25, -0.2) is 4.98 Å². The van der Waals surface area contributed by atoms with Gasteiger partial charge in [0, 0.05) is 24.9 Å². The molecule has 2 aromatic rings. The third-order valence-corrected chi connectivity index (χ3v) is 2.56. The van der Waals surface area contributed by atoms with Crippen molar-refractivity contribution < 1.29 is 4.79 Å². The van der Waals surface area contributed by atoms with Crippen molar-refractivity contribution in [2.24, 2.45) is 5.84 Å². The van der Waals surface area contributed by atoms with Crippen LogP contribution in [-0.2, 0) is 6.42 Å². The van der Waals surface area contributed by atoms with Crippen LogP contribution >= 0.6 is 0 Å². The molecule has 0 saturated carbocycles. The second-order valence-electron chi connectivity index (χ2n) is 3.90. The Morgan fingerprint density at radius 2 is 2.11 bits per heavy atom. The molecule has 1 amide bonds. The van der Waals surface area contributed by atoms with E-state index in [-0.39, 0.29) is 5.91 Å². The molecule has 0 aliphatic heterocycles. The van der Waals surface area contributed by atoms with Gasteiger partial charge in [0.25, 0.3) is 5.91 Å². The van der Waals surface area contributed by atoms with Crippen molar-refractivity contribution in [2.75, 3.05) is 12.0 Å². The lowest BCUT2D eigenvalue weighted by Gasteiger charge is -2.05. The molecule has 0 aromatic carbocycles. The number of carbonyl (C=O) groups is 1. The zero-order valence-electron chi connectivity index (χ0n) is 10.3. The van der Waals surface area contributed by atoms with Crippen LogP contribution in [0.15, 0.2) is 42.7 Å². The largest absolute Gasteiger partial charge is 0.350 e. The van der Waals surface area contributed by atoms with Crippen LogP contribution in [0.4, 0.5) is 5.69 Å². The lowest BCUT2D eigenvalue weighted by Crippen LogP contribution is -2.26. The quantitative estimate of drug-likeness (QED) is 0.542. The first kappa shape index (κ1) is 13.0. The van der Waals surface area contributed by atoms with Crippen LogP contribution < -0.4 is 16.6 Å². The number of hydrogen-bond donors (Lipinski definition) is 3. The molecular formula is C13H15N5O. The average molecular weight is 257 g/mol. The zero-order chi connectivity index (χ0) is 13.5. The van der Waals surface area contributed by atoms with Gasteiger partial charge in [-0.15, -0.1) is 0 Å². The van der Waals surface area contributed by atoms with Gasteiger partial charge in [0.05, 0.1) is 11.9 Å². The van der Waals surface area contributed by atoms with E-state index in [0.29, 0.717) is 24.3 Å². The number of nitrogen functional groups attached to an aromatic ring is 1. The molecule has 19 heavy (non-hydrogen) atoms. The Balaban J connectivity index is 1.84. The van der Waals surface area contributed by atoms with E-state index in [1.165, 1.54) is 6.20 Å². The highest BCUT2D eigenvalue weighted by atomic mass is 16.1. The first-order valence-electron chi connectivity index (χ1n) is 5.90.